The van der Waals surface area contributed by atoms with Crippen molar-refractivity contribution in [3.05, 3.63) is 29.3 Å². The third kappa shape index (κ3) is 3.16. The van der Waals surface area contributed by atoms with Crippen LogP contribution in [-0.2, 0) is 16.2 Å². The van der Waals surface area contributed by atoms with Crippen LogP contribution in [0.5, 0.6) is 0 Å². The molecule has 1 unspecified atom stereocenters. The van der Waals surface area contributed by atoms with Crippen molar-refractivity contribution < 1.29 is 14.7 Å². The summed E-state index contributed by atoms with van der Waals surface area (Å²) < 4.78 is 0. The highest BCUT2D eigenvalue weighted by molar-refractivity contribution is 8.14. The smallest absolute Gasteiger partial charge is 0.228 e. The van der Waals surface area contributed by atoms with Crippen LogP contribution in [0.25, 0.3) is 0 Å². The summed E-state index contributed by atoms with van der Waals surface area (Å²) in [6, 6.07) is 5.67. The van der Waals surface area contributed by atoms with Crippen molar-refractivity contribution in [2.24, 2.45) is 0 Å². The van der Waals surface area contributed by atoms with Gasteiger partial charge in [0, 0.05) is 36.4 Å². The fourth-order valence-electron chi connectivity index (χ4n) is 2.33. The summed E-state index contributed by atoms with van der Waals surface area (Å²) in [7, 11) is 0. The first kappa shape index (κ1) is 14.1. The van der Waals surface area contributed by atoms with E-state index in [-0.39, 0.29) is 22.9 Å². The molecule has 1 aromatic rings. The van der Waals surface area contributed by atoms with Crippen LogP contribution in [-0.4, -0.2) is 27.9 Å². The zero-order valence-electron chi connectivity index (χ0n) is 11.0. The standard InChI is InChI=1S/C14H17NO3S/c1-9-3-4-13(11(5-9)8-16)15-7-12(6-14(15)18)19-10(2)17/h3-5,12,16H,6-8H2,1-2H3. The van der Waals surface area contributed by atoms with Crippen LogP contribution >= 0.6 is 11.8 Å². The van der Waals surface area contributed by atoms with E-state index in [1.54, 1.807) is 4.90 Å². The first-order chi connectivity index (χ1) is 9.01. The summed E-state index contributed by atoms with van der Waals surface area (Å²) in [6.07, 6.45) is 0.378. The molecule has 0 radical (unpaired) electrons. The van der Waals surface area contributed by atoms with Gasteiger partial charge in [0.1, 0.15) is 0 Å². The number of benzene rings is 1. The Bertz CT molecular complexity index is 515. The van der Waals surface area contributed by atoms with E-state index in [1.165, 1.54) is 18.7 Å². The molecule has 1 fully saturated rings. The lowest BCUT2D eigenvalue weighted by Gasteiger charge is -2.20. The van der Waals surface area contributed by atoms with E-state index in [4.69, 9.17) is 0 Å². The highest BCUT2D eigenvalue weighted by Crippen LogP contribution is 2.31. The van der Waals surface area contributed by atoms with E-state index in [2.05, 4.69) is 0 Å². The molecule has 0 spiro atoms. The number of carbonyl (C=O) groups excluding carboxylic acids is 2. The molecule has 0 bridgehead atoms. The van der Waals surface area contributed by atoms with Crippen LogP contribution in [0, 0.1) is 6.92 Å². The second-order valence-corrected chi connectivity index (χ2v) is 6.21. The van der Waals surface area contributed by atoms with Gasteiger partial charge in [-0.05, 0) is 13.0 Å². The van der Waals surface area contributed by atoms with Gasteiger partial charge in [-0.1, -0.05) is 29.5 Å². The number of amides is 1. The lowest BCUT2D eigenvalue weighted by Crippen LogP contribution is -2.26. The minimum Gasteiger partial charge on any atom is -0.392 e. The molecular weight excluding hydrogens is 262 g/mol. The monoisotopic (exact) mass is 279 g/mol. The first-order valence-corrected chi connectivity index (χ1v) is 7.07. The second kappa shape index (κ2) is 5.75. The summed E-state index contributed by atoms with van der Waals surface area (Å²) in [5.41, 5.74) is 2.56. The number of aliphatic hydroxyl groups excluding tert-OH is 1. The lowest BCUT2D eigenvalue weighted by molar-refractivity contribution is -0.117. The van der Waals surface area contributed by atoms with Gasteiger partial charge < -0.3 is 10.0 Å². The van der Waals surface area contributed by atoms with Crippen molar-refractivity contribution in [2.45, 2.75) is 32.1 Å². The minimum atomic E-state index is -0.0920. The number of aryl methyl sites for hydroxylation is 1. The summed E-state index contributed by atoms with van der Waals surface area (Å²) >= 11 is 1.22. The molecule has 102 valence electrons. The Morgan fingerprint density at radius 2 is 2.26 bits per heavy atom. The number of carbonyl (C=O) groups is 2. The maximum atomic E-state index is 12.0. The molecular formula is C14H17NO3S. The molecule has 0 aliphatic carbocycles. The Labute approximate surface area is 116 Å². The highest BCUT2D eigenvalue weighted by atomic mass is 32.2. The second-order valence-electron chi connectivity index (χ2n) is 4.73. The third-order valence-corrected chi connectivity index (χ3v) is 4.10. The van der Waals surface area contributed by atoms with Crippen molar-refractivity contribution in [3.63, 3.8) is 0 Å². The van der Waals surface area contributed by atoms with Gasteiger partial charge in [0.2, 0.25) is 5.91 Å². The van der Waals surface area contributed by atoms with Crippen LogP contribution < -0.4 is 4.90 Å². The van der Waals surface area contributed by atoms with Crippen molar-refractivity contribution in [1.82, 2.24) is 0 Å². The van der Waals surface area contributed by atoms with Crippen molar-refractivity contribution in [2.75, 3.05) is 11.4 Å². The Hall–Kier alpha value is -1.33. The number of hydrogen-bond donors (Lipinski definition) is 1. The van der Waals surface area contributed by atoms with Gasteiger partial charge in [-0.3, -0.25) is 9.59 Å². The van der Waals surface area contributed by atoms with Gasteiger partial charge in [0.25, 0.3) is 0 Å². The molecule has 1 aliphatic heterocycles. The summed E-state index contributed by atoms with van der Waals surface area (Å²) in [5.74, 6) is 0.0114. The molecule has 0 saturated carbocycles. The van der Waals surface area contributed by atoms with E-state index in [0.717, 1.165) is 16.8 Å². The van der Waals surface area contributed by atoms with E-state index < -0.39 is 0 Å². The molecule has 5 heteroatoms. The zero-order valence-corrected chi connectivity index (χ0v) is 11.9. The number of nitrogens with zero attached hydrogens (tertiary/aromatic N) is 1. The largest absolute Gasteiger partial charge is 0.392 e. The molecule has 1 aliphatic rings. The van der Waals surface area contributed by atoms with Crippen LogP contribution in [0.15, 0.2) is 18.2 Å². The maximum Gasteiger partial charge on any atom is 0.228 e. The van der Waals surface area contributed by atoms with Gasteiger partial charge >= 0.3 is 0 Å². The summed E-state index contributed by atoms with van der Waals surface area (Å²) in [6.45, 7) is 3.90. The highest BCUT2D eigenvalue weighted by Gasteiger charge is 2.32. The molecule has 4 nitrogen and oxygen atoms in total. The van der Waals surface area contributed by atoms with Gasteiger partial charge in [-0.2, -0.15) is 0 Å². The molecule has 1 heterocycles. The van der Waals surface area contributed by atoms with Gasteiger partial charge in [-0.15, -0.1) is 0 Å². The van der Waals surface area contributed by atoms with Gasteiger partial charge in [0.05, 0.1) is 6.61 Å². The molecule has 19 heavy (non-hydrogen) atoms. The van der Waals surface area contributed by atoms with E-state index in [0.29, 0.717) is 13.0 Å². The quantitative estimate of drug-likeness (QED) is 0.917. The predicted octanol–water partition coefficient (Wildman–Crippen LogP) is 1.87. The van der Waals surface area contributed by atoms with Crippen LogP contribution in [0.1, 0.15) is 24.5 Å². The molecule has 1 amide bonds. The Balaban J connectivity index is 2.23. The zero-order chi connectivity index (χ0) is 14.0. The van der Waals surface area contributed by atoms with E-state index in [9.17, 15) is 14.7 Å². The maximum absolute atomic E-state index is 12.0. The Morgan fingerprint density at radius 3 is 2.89 bits per heavy atom. The van der Waals surface area contributed by atoms with Crippen LogP contribution in [0.4, 0.5) is 5.69 Å². The number of aliphatic hydroxyl groups is 1. The van der Waals surface area contributed by atoms with Crippen LogP contribution in [0.3, 0.4) is 0 Å². The molecule has 1 N–H and O–H groups in total. The fraction of sp³-hybridized carbons (Fsp3) is 0.429. The van der Waals surface area contributed by atoms with Crippen LogP contribution in [0.2, 0.25) is 0 Å². The molecule has 1 aromatic carbocycles. The van der Waals surface area contributed by atoms with Gasteiger partial charge in [-0.25, -0.2) is 0 Å². The SMILES string of the molecule is CC(=O)SC1CC(=O)N(c2ccc(C)cc2CO)C1. The number of rotatable bonds is 3. The Morgan fingerprint density at radius 1 is 1.53 bits per heavy atom. The summed E-state index contributed by atoms with van der Waals surface area (Å²) in [4.78, 5) is 24.8. The van der Waals surface area contributed by atoms with Gasteiger partial charge in [0.15, 0.2) is 5.12 Å². The molecule has 1 saturated heterocycles. The number of thioether (sulfide) groups is 1. The first-order valence-electron chi connectivity index (χ1n) is 6.19. The van der Waals surface area contributed by atoms with Crippen molar-refractivity contribution >= 4 is 28.5 Å². The molecule has 2 rings (SSSR count). The van der Waals surface area contributed by atoms with Crippen molar-refractivity contribution in [3.8, 4) is 0 Å². The number of anilines is 1. The Kier molecular flexibility index (Phi) is 4.27. The third-order valence-electron chi connectivity index (χ3n) is 3.12. The average Bonchev–Trinajstić information content (AvgIpc) is 2.69. The minimum absolute atomic E-state index is 0.0114. The van der Waals surface area contributed by atoms with Crippen molar-refractivity contribution in [1.29, 1.82) is 0 Å². The topological polar surface area (TPSA) is 57.6 Å². The lowest BCUT2D eigenvalue weighted by atomic mass is 10.1. The normalized spacial score (nSPS) is 19.0. The summed E-state index contributed by atoms with van der Waals surface area (Å²) in [5, 5.41) is 9.45. The fourth-order valence-corrected chi connectivity index (χ4v) is 3.24. The average molecular weight is 279 g/mol. The molecule has 1 atom stereocenters. The molecule has 0 aromatic heterocycles. The van der Waals surface area contributed by atoms with E-state index in [1.807, 2.05) is 25.1 Å². The van der Waals surface area contributed by atoms with E-state index >= 15 is 0 Å². The number of hydrogen-bond acceptors (Lipinski definition) is 4. The predicted molar refractivity (Wildman–Crippen MR) is 76.1 cm³/mol.